The number of nitrogens with zero attached hydrogens (tertiary/aromatic N) is 1. The molecule has 0 bridgehead atoms. The fourth-order valence-corrected chi connectivity index (χ4v) is 1.68. The number of rotatable bonds is 2. The van der Waals surface area contributed by atoms with E-state index in [-0.39, 0.29) is 0 Å². The second-order valence-corrected chi connectivity index (χ2v) is 3.63. The Kier molecular flexibility index (Phi) is 3.80. The van der Waals surface area contributed by atoms with E-state index in [1.165, 1.54) is 38.3 Å². The van der Waals surface area contributed by atoms with Crippen LogP contribution >= 0.6 is 0 Å². The van der Waals surface area contributed by atoms with Crippen LogP contribution < -0.4 is 11.5 Å². The summed E-state index contributed by atoms with van der Waals surface area (Å²) < 4.78 is 0. The standard InChI is InChI=1S/C10H19N3/c1-8(10(12)7-11)13-9-5-3-2-4-6-9/h7,9H,2-6,11-12H2,1H3. The summed E-state index contributed by atoms with van der Waals surface area (Å²) in [5.74, 6) is 0. The molecule has 1 aliphatic carbocycles. The van der Waals surface area contributed by atoms with Crippen molar-refractivity contribution < 1.29 is 0 Å². The highest BCUT2D eigenvalue weighted by molar-refractivity contribution is 5.97. The highest BCUT2D eigenvalue weighted by atomic mass is 14.8. The molecule has 3 heteroatoms. The van der Waals surface area contributed by atoms with Gasteiger partial charge in [-0.15, -0.1) is 0 Å². The van der Waals surface area contributed by atoms with E-state index in [0.29, 0.717) is 11.7 Å². The number of hydrogen-bond donors (Lipinski definition) is 2. The van der Waals surface area contributed by atoms with Crippen LogP contribution in [0.3, 0.4) is 0 Å². The Morgan fingerprint density at radius 1 is 1.31 bits per heavy atom. The lowest BCUT2D eigenvalue weighted by Crippen LogP contribution is -2.16. The lowest BCUT2D eigenvalue weighted by Gasteiger charge is -2.18. The van der Waals surface area contributed by atoms with Crippen molar-refractivity contribution in [2.24, 2.45) is 16.5 Å². The van der Waals surface area contributed by atoms with Crippen LogP contribution in [-0.2, 0) is 0 Å². The van der Waals surface area contributed by atoms with E-state index in [2.05, 4.69) is 4.99 Å². The summed E-state index contributed by atoms with van der Waals surface area (Å²) in [5.41, 5.74) is 12.4. The molecule has 0 amide bonds. The Labute approximate surface area is 79.9 Å². The molecule has 0 radical (unpaired) electrons. The first-order valence-corrected chi connectivity index (χ1v) is 4.96. The first kappa shape index (κ1) is 10.1. The van der Waals surface area contributed by atoms with Crippen LogP contribution in [0, 0.1) is 0 Å². The molecule has 0 spiro atoms. The minimum Gasteiger partial charge on any atom is -0.403 e. The minimum absolute atomic E-state index is 0.479. The van der Waals surface area contributed by atoms with Gasteiger partial charge in [-0.2, -0.15) is 0 Å². The summed E-state index contributed by atoms with van der Waals surface area (Å²) >= 11 is 0. The van der Waals surface area contributed by atoms with Gasteiger partial charge >= 0.3 is 0 Å². The molecule has 1 aliphatic rings. The van der Waals surface area contributed by atoms with Crippen molar-refractivity contribution in [2.45, 2.75) is 45.1 Å². The van der Waals surface area contributed by atoms with E-state index < -0.39 is 0 Å². The zero-order valence-electron chi connectivity index (χ0n) is 8.29. The summed E-state index contributed by atoms with van der Waals surface area (Å²) in [6, 6.07) is 0.479. The Balaban J connectivity index is 2.52. The Hall–Kier alpha value is -0.990. The third-order valence-corrected chi connectivity index (χ3v) is 2.55. The Bertz CT molecular complexity index is 212. The SMILES string of the molecule is CC(=NC1CCCCC1)C(N)=CN. The second kappa shape index (κ2) is 4.90. The van der Waals surface area contributed by atoms with E-state index in [0.717, 1.165) is 5.71 Å². The molecule has 0 unspecified atom stereocenters. The molecule has 0 aliphatic heterocycles. The minimum atomic E-state index is 0.479. The van der Waals surface area contributed by atoms with Gasteiger partial charge in [-0.25, -0.2) is 0 Å². The second-order valence-electron chi connectivity index (χ2n) is 3.63. The molecule has 0 aromatic carbocycles. The topological polar surface area (TPSA) is 64.4 Å². The van der Waals surface area contributed by atoms with E-state index in [1.807, 2.05) is 6.92 Å². The zero-order chi connectivity index (χ0) is 9.68. The largest absolute Gasteiger partial charge is 0.403 e. The molecule has 3 nitrogen and oxygen atoms in total. The monoisotopic (exact) mass is 181 g/mol. The number of nitrogens with two attached hydrogens (primary N) is 2. The van der Waals surface area contributed by atoms with Crippen molar-refractivity contribution in [3.63, 3.8) is 0 Å². The van der Waals surface area contributed by atoms with Gasteiger partial charge in [0.05, 0.1) is 17.5 Å². The van der Waals surface area contributed by atoms with E-state index in [1.54, 1.807) is 0 Å². The van der Waals surface area contributed by atoms with Gasteiger partial charge < -0.3 is 11.5 Å². The summed E-state index contributed by atoms with van der Waals surface area (Å²) in [6.07, 6.45) is 7.78. The van der Waals surface area contributed by atoms with Gasteiger partial charge in [0.25, 0.3) is 0 Å². The van der Waals surface area contributed by atoms with Gasteiger partial charge in [0, 0.05) is 6.20 Å². The van der Waals surface area contributed by atoms with Crippen molar-refractivity contribution in [3.8, 4) is 0 Å². The highest BCUT2D eigenvalue weighted by Crippen LogP contribution is 2.20. The molecule has 0 atom stereocenters. The van der Waals surface area contributed by atoms with Gasteiger partial charge in [0.15, 0.2) is 0 Å². The van der Waals surface area contributed by atoms with Crippen molar-refractivity contribution >= 4 is 5.71 Å². The summed E-state index contributed by atoms with van der Waals surface area (Å²) in [4.78, 5) is 4.55. The molecule has 0 aromatic heterocycles. The highest BCUT2D eigenvalue weighted by Gasteiger charge is 2.12. The molecule has 13 heavy (non-hydrogen) atoms. The van der Waals surface area contributed by atoms with Crippen LogP contribution in [0.15, 0.2) is 16.9 Å². The van der Waals surface area contributed by atoms with Crippen molar-refractivity contribution in [3.05, 3.63) is 11.9 Å². The number of aliphatic imine (C=N–C) groups is 1. The van der Waals surface area contributed by atoms with Crippen LogP contribution in [0.1, 0.15) is 39.0 Å². The predicted octanol–water partition coefficient (Wildman–Crippen LogP) is 1.54. The van der Waals surface area contributed by atoms with Crippen LogP contribution in [0.25, 0.3) is 0 Å². The van der Waals surface area contributed by atoms with Crippen LogP contribution in [0.2, 0.25) is 0 Å². The molecular formula is C10H19N3. The molecule has 1 rings (SSSR count). The normalized spacial score (nSPS) is 21.9. The molecule has 0 heterocycles. The number of hydrogen-bond acceptors (Lipinski definition) is 3. The first-order chi connectivity index (χ1) is 6.24. The third kappa shape index (κ3) is 3.09. The molecule has 0 aromatic rings. The van der Waals surface area contributed by atoms with Crippen molar-refractivity contribution in [1.29, 1.82) is 0 Å². The van der Waals surface area contributed by atoms with E-state index >= 15 is 0 Å². The maximum Gasteiger partial charge on any atom is 0.0682 e. The quantitative estimate of drug-likeness (QED) is 0.635. The molecule has 1 saturated carbocycles. The third-order valence-electron chi connectivity index (χ3n) is 2.55. The molecule has 0 saturated heterocycles. The van der Waals surface area contributed by atoms with Gasteiger partial charge in [0.1, 0.15) is 0 Å². The van der Waals surface area contributed by atoms with Crippen molar-refractivity contribution in [2.75, 3.05) is 0 Å². The number of allylic oxidation sites excluding steroid dienone is 1. The van der Waals surface area contributed by atoms with Crippen LogP contribution in [-0.4, -0.2) is 11.8 Å². The average Bonchev–Trinajstić information content (AvgIpc) is 2.18. The smallest absolute Gasteiger partial charge is 0.0682 e. The first-order valence-electron chi connectivity index (χ1n) is 4.96. The van der Waals surface area contributed by atoms with Gasteiger partial charge in [-0.3, -0.25) is 4.99 Å². The van der Waals surface area contributed by atoms with Crippen molar-refractivity contribution in [1.82, 2.24) is 0 Å². The molecule has 4 N–H and O–H groups in total. The maximum absolute atomic E-state index is 5.64. The molecular weight excluding hydrogens is 162 g/mol. The predicted molar refractivity (Wildman–Crippen MR) is 56.4 cm³/mol. The maximum atomic E-state index is 5.64. The average molecular weight is 181 g/mol. The fourth-order valence-electron chi connectivity index (χ4n) is 1.68. The molecule has 74 valence electrons. The van der Waals surface area contributed by atoms with E-state index in [4.69, 9.17) is 11.5 Å². The van der Waals surface area contributed by atoms with Gasteiger partial charge in [-0.1, -0.05) is 19.3 Å². The lowest BCUT2D eigenvalue weighted by atomic mass is 9.96. The van der Waals surface area contributed by atoms with Crippen LogP contribution in [0.4, 0.5) is 0 Å². The molecule has 1 fully saturated rings. The fraction of sp³-hybridized carbons (Fsp3) is 0.700. The summed E-state index contributed by atoms with van der Waals surface area (Å²) in [7, 11) is 0. The summed E-state index contributed by atoms with van der Waals surface area (Å²) in [6.45, 7) is 1.92. The summed E-state index contributed by atoms with van der Waals surface area (Å²) in [5, 5.41) is 0. The Morgan fingerprint density at radius 2 is 1.92 bits per heavy atom. The lowest BCUT2D eigenvalue weighted by molar-refractivity contribution is 0.443. The van der Waals surface area contributed by atoms with Gasteiger partial charge in [0.2, 0.25) is 0 Å². The van der Waals surface area contributed by atoms with E-state index in [9.17, 15) is 0 Å². The van der Waals surface area contributed by atoms with Crippen LogP contribution in [0.5, 0.6) is 0 Å². The van der Waals surface area contributed by atoms with Gasteiger partial charge in [-0.05, 0) is 19.8 Å². The zero-order valence-corrected chi connectivity index (χ0v) is 8.29. The Morgan fingerprint density at radius 3 is 2.46 bits per heavy atom.